The molecule has 2 aliphatic heterocycles. The fourth-order valence-electron chi connectivity index (χ4n) is 5.88. The molecule has 0 spiro atoms. The molecule has 1 aromatic carbocycles. The fourth-order valence-corrected chi connectivity index (χ4v) is 5.88. The second-order valence-electron chi connectivity index (χ2n) is 9.90. The van der Waals surface area contributed by atoms with Crippen LogP contribution in [-0.2, 0) is 4.79 Å². The minimum Gasteiger partial charge on any atom is -0.357 e. The third-order valence-electron chi connectivity index (χ3n) is 7.76. The van der Waals surface area contributed by atoms with E-state index in [9.17, 15) is 9.59 Å². The summed E-state index contributed by atoms with van der Waals surface area (Å²) in [6, 6.07) is 10.8. The SMILES string of the molecule is O=C(C1CCCCC1)N1CCC(NC(=O)N2CCCCC2c2cc3ccccc3[nH]2)CC1. The maximum absolute atomic E-state index is 13.2. The van der Waals surface area contributed by atoms with E-state index in [1.165, 1.54) is 24.6 Å². The van der Waals surface area contributed by atoms with Crippen LogP contribution in [0.4, 0.5) is 4.79 Å². The molecule has 3 heterocycles. The number of benzene rings is 1. The number of amides is 3. The molecule has 3 aliphatic rings. The highest BCUT2D eigenvalue weighted by atomic mass is 16.2. The summed E-state index contributed by atoms with van der Waals surface area (Å²) in [7, 11) is 0. The van der Waals surface area contributed by atoms with Gasteiger partial charge in [-0.1, -0.05) is 37.5 Å². The van der Waals surface area contributed by atoms with Crippen molar-refractivity contribution in [2.45, 2.75) is 76.3 Å². The molecule has 6 heteroatoms. The molecule has 6 nitrogen and oxygen atoms in total. The smallest absolute Gasteiger partial charge is 0.318 e. The lowest BCUT2D eigenvalue weighted by molar-refractivity contribution is -0.137. The molecule has 1 unspecified atom stereocenters. The summed E-state index contributed by atoms with van der Waals surface area (Å²) in [5.74, 6) is 0.588. The van der Waals surface area contributed by atoms with Crippen molar-refractivity contribution in [2.75, 3.05) is 19.6 Å². The maximum atomic E-state index is 13.2. The van der Waals surface area contributed by atoms with Gasteiger partial charge in [-0.15, -0.1) is 0 Å². The molecule has 3 fully saturated rings. The molecular formula is C26H36N4O2. The summed E-state index contributed by atoms with van der Waals surface area (Å²) in [4.78, 5) is 33.7. The number of fused-ring (bicyclic) bond motifs is 1. The minimum absolute atomic E-state index is 0.0467. The molecule has 3 amide bonds. The Balaban J connectivity index is 1.18. The lowest BCUT2D eigenvalue weighted by Crippen LogP contribution is -2.52. The van der Waals surface area contributed by atoms with Crippen molar-refractivity contribution in [2.24, 2.45) is 5.92 Å². The summed E-state index contributed by atoms with van der Waals surface area (Å²) in [5, 5.41) is 4.49. The average molecular weight is 437 g/mol. The number of para-hydroxylation sites is 1. The maximum Gasteiger partial charge on any atom is 0.318 e. The topological polar surface area (TPSA) is 68.4 Å². The molecule has 2 saturated heterocycles. The number of hydrogen-bond acceptors (Lipinski definition) is 2. The van der Waals surface area contributed by atoms with Crippen LogP contribution in [0, 0.1) is 5.92 Å². The number of rotatable bonds is 3. The number of carbonyl (C=O) groups is 2. The first-order valence-electron chi connectivity index (χ1n) is 12.6. The highest BCUT2D eigenvalue weighted by Crippen LogP contribution is 2.32. The van der Waals surface area contributed by atoms with E-state index in [0.717, 1.165) is 75.8 Å². The Morgan fingerprint density at radius 1 is 0.875 bits per heavy atom. The monoisotopic (exact) mass is 436 g/mol. The Hall–Kier alpha value is -2.50. The van der Waals surface area contributed by atoms with Crippen LogP contribution in [0.25, 0.3) is 10.9 Å². The predicted molar refractivity (Wildman–Crippen MR) is 126 cm³/mol. The Kier molecular flexibility index (Phi) is 6.37. The molecule has 1 aromatic heterocycles. The molecule has 2 aromatic rings. The zero-order valence-corrected chi connectivity index (χ0v) is 19.0. The van der Waals surface area contributed by atoms with Crippen molar-refractivity contribution in [3.05, 3.63) is 36.0 Å². The zero-order valence-electron chi connectivity index (χ0n) is 19.0. The van der Waals surface area contributed by atoms with Crippen molar-refractivity contribution < 1.29 is 9.59 Å². The molecule has 0 radical (unpaired) electrons. The van der Waals surface area contributed by atoms with Crippen molar-refractivity contribution >= 4 is 22.8 Å². The third-order valence-corrected chi connectivity index (χ3v) is 7.76. The number of aromatic nitrogens is 1. The number of likely N-dealkylation sites (tertiary alicyclic amines) is 2. The van der Waals surface area contributed by atoms with Gasteiger partial charge in [0, 0.05) is 42.8 Å². The van der Waals surface area contributed by atoms with Crippen LogP contribution in [0.5, 0.6) is 0 Å². The Bertz CT molecular complexity index is 907. The number of nitrogens with zero attached hydrogens (tertiary/aromatic N) is 2. The van der Waals surface area contributed by atoms with Gasteiger partial charge in [-0.2, -0.15) is 0 Å². The van der Waals surface area contributed by atoms with Crippen LogP contribution < -0.4 is 5.32 Å². The molecule has 32 heavy (non-hydrogen) atoms. The van der Waals surface area contributed by atoms with Crippen molar-refractivity contribution in [3.8, 4) is 0 Å². The third kappa shape index (κ3) is 4.50. The van der Waals surface area contributed by atoms with E-state index >= 15 is 0 Å². The lowest BCUT2D eigenvalue weighted by atomic mass is 9.87. The van der Waals surface area contributed by atoms with Gasteiger partial charge < -0.3 is 20.1 Å². The summed E-state index contributed by atoms with van der Waals surface area (Å²) in [5.41, 5.74) is 2.26. The van der Waals surface area contributed by atoms with E-state index < -0.39 is 0 Å². The van der Waals surface area contributed by atoms with Crippen molar-refractivity contribution in [3.63, 3.8) is 0 Å². The quantitative estimate of drug-likeness (QED) is 0.713. The van der Waals surface area contributed by atoms with Crippen LogP contribution in [0.1, 0.15) is 75.9 Å². The van der Waals surface area contributed by atoms with Crippen LogP contribution in [0.15, 0.2) is 30.3 Å². The summed E-state index contributed by atoms with van der Waals surface area (Å²) >= 11 is 0. The lowest BCUT2D eigenvalue weighted by Gasteiger charge is -2.39. The molecule has 1 saturated carbocycles. The molecule has 1 aliphatic carbocycles. The highest BCUT2D eigenvalue weighted by Gasteiger charge is 2.33. The summed E-state index contributed by atoms with van der Waals surface area (Å²) < 4.78 is 0. The molecule has 172 valence electrons. The Morgan fingerprint density at radius 3 is 2.41 bits per heavy atom. The number of aromatic amines is 1. The second-order valence-corrected chi connectivity index (χ2v) is 9.90. The number of H-pyrrole nitrogens is 1. The standard InChI is InChI=1S/C26H36N4O2/c31-25(19-8-2-1-3-9-19)29-16-13-21(14-17-29)27-26(32)30-15-7-6-12-24(30)23-18-20-10-4-5-11-22(20)28-23/h4-5,10-11,18-19,21,24,28H,1-3,6-9,12-17H2,(H,27,32). The first-order chi connectivity index (χ1) is 15.7. The van der Waals surface area contributed by atoms with Gasteiger partial charge in [0.05, 0.1) is 6.04 Å². The van der Waals surface area contributed by atoms with Gasteiger partial charge in [0.15, 0.2) is 0 Å². The van der Waals surface area contributed by atoms with E-state index in [-0.39, 0.29) is 24.0 Å². The Morgan fingerprint density at radius 2 is 1.62 bits per heavy atom. The van der Waals surface area contributed by atoms with Gasteiger partial charge in [-0.25, -0.2) is 4.79 Å². The number of piperidine rings is 2. The van der Waals surface area contributed by atoms with E-state index in [2.05, 4.69) is 34.6 Å². The number of urea groups is 1. The van der Waals surface area contributed by atoms with Crippen molar-refractivity contribution in [1.82, 2.24) is 20.1 Å². The zero-order chi connectivity index (χ0) is 21.9. The molecule has 0 bridgehead atoms. The Labute approximate surface area is 190 Å². The summed E-state index contributed by atoms with van der Waals surface area (Å²) in [6.07, 6.45) is 10.7. The number of nitrogens with one attached hydrogen (secondary N) is 2. The minimum atomic E-state index is 0.0467. The van der Waals surface area contributed by atoms with E-state index in [1.54, 1.807) is 0 Å². The van der Waals surface area contributed by atoms with Gasteiger partial charge in [0.2, 0.25) is 5.91 Å². The largest absolute Gasteiger partial charge is 0.357 e. The van der Waals surface area contributed by atoms with Gasteiger partial charge in [0.25, 0.3) is 0 Å². The molecular weight excluding hydrogens is 400 g/mol. The predicted octanol–water partition coefficient (Wildman–Crippen LogP) is 4.98. The number of carbonyl (C=O) groups excluding carboxylic acids is 2. The first-order valence-corrected chi connectivity index (χ1v) is 12.6. The second kappa shape index (κ2) is 9.55. The van der Waals surface area contributed by atoms with E-state index in [0.29, 0.717) is 5.91 Å². The number of hydrogen-bond donors (Lipinski definition) is 2. The molecule has 2 N–H and O–H groups in total. The molecule has 1 atom stereocenters. The highest BCUT2D eigenvalue weighted by molar-refractivity contribution is 5.81. The fraction of sp³-hybridized carbons (Fsp3) is 0.615. The van der Waals surface area contributed by atoms with Gasteiger partial charge in [-0.3, -0.25) is 4.79 Å². The molecule has 5 rings (SSSR count). The van der Waals surface area contributed by atoms with Gasteiger partial charge >= 0.3 is 6.03 Å². The van der Waals surface area contributed by atoms with Crippen LogP contribution >= 0.6 is 0 Å². The van der Waals surface area contributed by atoms with Crippen LogP contribution in [0.2, 0.25) is 0 Å². The van der Waals surface area contributed by atoms with E-state index in [1.807, 2.05) is 15.9 Å². The normalized spacial score (nSPS) is 23.4. The van der Waals surface area contributed by atoms with Crippen LogP contribution in [-0.4, -0.2) is 52.4 Å². The van der Waals surface area contributed by atoms with E-state index in [4.69, 9.17) is 0 Å². The van der Waals surface area contributed by atoms with Gasteiger partial charge in [0.1, 0.15) is 0 Å². The van der Waals surface area contributed by atoms with Gasteiger partial charge in [-0.05, 0) is 62.5 Å². The average Bonchev–Trinajstić information content (AvgIpc) is 3.29. The summed E-state index contributed by atoms with van der Waals surface area (Å²) in [6.45, 7) is 2.34. The van der Waals surface area contributed by atoms with Crippen LogP contribution in [0.3, 0.4) is 0 Å². The first kappa shape index (κ1) is 21.4. The van der Waals surface area contributed by atoms with Crippen molar-refractivity contribution in [1.29, 1.82) is 0 Å².